The second-order valence-electron chi connectivity index (χ2n) is 6.63. The number of pyridine rings is 2. The number of fused-ring (bicyclic) bond motifs is 5. The number of rotatable bonds is 5. The van der Waals surface area contributed by atoms with Crippen LogP contribution in [0.3, 0.4) is 0 Å². The molecule has 0 radical (unpaired) electrons. The zero-order valence-electron chi connectivity index (χ0n) is 14.7. The van der Waals surface area contributed by atoms with Crippen LogP contribution < -0.4 is 5.32 Å². The molecule has 126 valence electrons. The first-order valence-corrected chi connectivity index (χ1v) is 8.64. The first kappa shape index (κ1) is 15.9. The second-order valence-corrected chi connectivity index (χ2v) is 6.63. The van der Waals surface area contributed by atoms with Gasteiger partial charge in [0.05, 0.1) is 16.7 Å². The van der Waals surface area contributed by atoms with E-state index in [1.54, 1.807) is 0 Å². The highest BCUT2D eigenvalue weighted by Crippen LogP contribution is 2.29. The lowest BCUT2D eigenvalue weighted by atomic mass is 10.0. The molecule has 0 unspecified atom stereocenters. The first-order valence-electron chi connectivity index (χ1n) is 8.64. The van der Waals surface area contributed by atoms with Gasteiger partial charge in [0.25, 0.3) is 0 Å². The molecule has 0 aliphatic rings. The average molecular weight is 330 g/mol. The van der Waals surface area contributed by atoms with Gasteiger partial charge < -0.3 is 10.2 Å². The van der Waals surface area contributed by atoms with E-state index in [0.29, 0.717) is 0 Å². The molecule has 0 amide bonds. The maximum atomic E-state index is 5.01. The van der Waals surface area contributed by atoms with E-state index in [9.17, 15) is 0 Å². The molecule has 4 heteroatoms. The predicted octanol–water partition coefficient (Wildman–Crippen LogP) is 3.59. The highest BCUT2D eigenvalue weighted by atomic mass is 15.1. The van der Waals surface area contributed by atoms with Crippen molar-refractivity contribution in [2.24, 2.45) is 0 Å². The average Bonchev–Trinajstić information content (AvgIpc) is 2.64. The zero-order valence-corrected chi connectivity index (χ0v) is 14.7. The molecule has 0 aliphatic heterocycles. The molecule has 4 aromatic rings. The lowest BCUT2D eigenvalue weighted by Gasteiger charge is -2.13. The topological polar surface area (TPSA) is 41.0 Å². The number of hydrogen-bond acceptors (Lipinski definition) is 4. The summed E-state index contributed by atoms with van der Waals surface area (Å²) in [6.07, 6.45) is 1.95. The predicted molar refractivity (Wildman–Crippen MR) is 105 cm³/mol. The second kappa shape index (κ2) is 6.75. The van der Waals surface area contributed by atoms with Gasteiger partial charge in [-0.2, -0.15) is 0 Å². The van der Waals surface area contributed by atoms with Crippen molar-refractivity contribution in [3.8, 4) is 0 Å². The molecule has 0 saturated heterocycles. The van der Waals surface area contributed by atoms with Crippen molar-refractivity contribution < 1.29 is 0 Å². The Kier molecular flexibility index (Phi) is 4.30. The van der Waals surface area contributed by atoms with Crippen LogP contribution >= 0.6 is 0 Å². The van der Waals surface area contributed by atoms with Crippen molar-refractivity contribution in [1.82, 2.24) is 20.2 Å². The molecule has 1 N–H and O–H groups in total. The Balaban J connectivity index is 1.86. The van der Waals surface area contributed by atoms with Crippen molar-refractivity contribution in [2.45, 2.75) is 6.54 Å². The van der Waals surface area contributed by atoms with E-state index in [-0.39, 0.29) is 0 Å². The molecular formula is C21H22N4. The Morgan fingerprint density at radius 1 is 0.880 bits per heavy atom. The van der Waals surface area contributed by atoms with Crippen LogP contribution in [0.2, 0.25) is 0 Å². The van der Waals surface area contributed by atoms with Gasteiger partial charge in [0.15, 0.2) is 0 Å². The summed E-state index contributed by atoms with van der Waals surface area (Å²) in [7, 11) is 4.17. The summed E-state index contributed by atoms with van der Waals surface area (Å²) in [5, 5.41) is 8.15. The van der Waals surface area contributed by atoms with E-state index in [4.69, 9.17) is 9.97 Å². The van der Waals surface area contributed by atoms with Gasteiger partial charge in [0.1, 0.15) is 0 Å². The summed E-state index contributed by atoms with van der Waals surface area (Å²) in [6.45, 7) is 2.71. The standard InChI is InChI=1S/C21H22N4/c1-25(2)12-11-22-14-19-17-9-5-6-10-18(17)20-21(24-19)16-8-4-3-7-15(16)13-23-20/h3-10,13,22H,11-12,14H2,1-2H3. The number of nitrogens with one attached hydrogen (secondary N) is 1. The van der Waals surface area contributed by atoms with E-state index in [1.165, 1.54) is 10.8 Å². The van der Waals surface area contributed by atoms with Crippen LogP contribution in [0.15, 0.2) is 54.7 Å². The normalized spacial score (nSPS) is 11.8. The van der Waals surface area contributed by atoms with Gasteiger partial charge in [-0.1, -0.05) is 48.5 Å². The molecule has 2 aromatic heterocycles. The third kappa shape index (κ3) is 3.06. The van der Waals surface area contributed by atoms with Gasteiger partial charge in [-0.05, 0) is 14.1 Å². The van der Waals surface area contributed by atoms with Gasteiger partial charge >= 0.3 is 0 Å². The van der Waals surface area contributed by atoms with Crippen LogP contribution in [0.4, 0.5) is 0 Å². The first-order chi connectivity index (χ1) is 12.2. The number of nitrogens with zero attached hydrogens (tertiary/aromatic N) is 3. The van der Waals surface area contributed by atoms with Crippen molar-refractivity contribution in [2.75, 3.05) is 27.2 Å². The van der Waals surface area contributed by atoms with Crippen molar-refractivity contribution in [3.05, 3.63) is 60.4 Å². The third-order valence-electron chi connectivity index (χ3n) is 4.54. The molecule has 0 saturated carbocycles. The minimum Gasteiger partial charge on any atom is -0.310 e. The quantitative estimate of drug-likeness (QED) is 0.448. The van der Waals surface area contributed by atoms with Crippen LogP contribution in [-0.4, -0.2) is 42.1 Å². The summed E-state index contributed by atoms with van der Waals surface area (Å²) < 4.78 is 0. The molecule has 4 nitrogen and oxygen atoms in total. The van der Waals surface area contributed by atoms with Crippen LogP contribution in [0, 0.1) is 0 Å². The minimum atomic E-state index is 0.757. The number of aromatic nitrogens is 2. The van der Waals surface area contributed by atoms with Crippen LogP contribution in [0.5, 0.6) is 0 Å². The van der Waals surface area contributed by atoms with Gasteiger partial charge in [0.2, 0.25) is 0 Å². The molecule has 0 bridgehead atoms. The molecule has 0 atom stereocenters. The van der Waals surface area contributed by atoms with Crippen molar-refractivity contribution in [1.29, 1.82) is 0 Å². The monoisotopic (exact) mass is 330 g/mol. The summed E-state index contributed by atoms with van der Waals surface area (Å²) >= 11 is 0. The van der Waals surface area contributed by atoms with Gasteiger partial charge in [0, 0.05) is 47.4 Å². The molecule has 0 fully saturated rings. The molecule has 4 rings (SSSR count). The number of likely N-dealkylation sites (N-methyl/N-ethyl adjacent to an activating group) is 1. The van der Waals surface area contributed by atoms with Gasteiger partial charge in [-0.25, -0.2) is 4.98 Å². The zero-order chi connectivity index (χ0) is 17.2. The molecule has 2 aromatic carbocycles. The Morgan fingerprint density at radius 3 is 2.40 bits per heavy atom. The van der Waals surface area contributed by atoms with Crippen molar-refractivity contribution in [3.63, 3.8) is 0 Å². The van der Waals surface area contributed by atoms with E-state index in [2.05, 4.69) is 66.8 Å². The fourth-order valence-corrected chi connectivity index (χ4v) is 3.24. The summed E-state index contributed by atoms with van der Waals surface area (Å²) in [6, 6.07) is 16.8. The van der Waals surface area contributed by atoms with Crippen LogP contribution in [-0.2, 0) is 6.54 Å². The van der Waals surface area contributed by atoms with Gasteiger partial charge in [-0.15, -0.1) is 0 Å². The highest BCUT2D eigenvalue weighted by molar-refractivity contribution is 6.13. The van der Waals surface area contributed by atoms with E-state index in [0.717, 1.165) is 47.1 Å². The van der Waals surface area contributed by atoms with Crippen LogP contribution in [0.25, 0.3) is 32.6 Å². The van der Waals surface area contributed by atoms with E-state index < -0.39 is 0 Å². The Hall–Kier alpha value is -2.56. The third-order valence-corrected chi connectivity index (χ3v) is 4.54. The number of hydrogen-bond donors (Lipinski definition) is 1. The van der Waals surface area contributed by atoms with Crippen LogP contribution in [0.1, 0.15) is 5.69 Å². The molecule has 25 heavy (non-hydrogen) atoms. The van der Waals surface area contributed by atoms with E-state index in [1.807, 2.05) is 12.3 Å². The molecule has 0 spiro atoms. The smallest absolute Gasteiger partial charge is 0.0975 e. The Morgan fingerprint density at radius 2 is 1.60 bits per heavy atom. The Bertz CT molecular complexity index is 1040. The maximum Gasteiger partial charge on any atom is 0.0975 e. The SMILES string of the molecule is CN(C)CCNCc1nc2c3ccccc3cnc2c2ccccc12. The summed E-state index contributed by atoms with van der Waals surface area (Å²) in [5.74, 6) is 0. The fraction of sp³-hybridized carbons (Fsp3) is 0.238. The maximum absolute atomic E-state index is 5.01. The minimum absolute atomic E-state index is 0.757. The van der Waals surface area contributed by atoms with E-state index >= 15 is 0 Å². The highest BCUT2D eigenvalue weighted by Gasteiger charge is 2.11. The lowest BCUT2D eigenvalue weighted by Crippen LogP contribution is -2.26. The summed E-state index contributed by atoms with van der Waals surface area (Å²) in [4.78, 5) is 11.9. The molecule has 2 heterocycles. The number of benzene rings is 2. The van der Waals surface area contributed by atoms with Gasteiger partial charge in [-0.3, -0.25) is 4.98 Å². The Labute approximate surface area is 147 Å². The molecular weight excluding hydrogens is 308 g/mol. The fourth-order valence-electron chi connectivity index (χ4n) is 3.24. The summed E-state index contributed by atoms with van der Waals surface area (Å²) in [5.41, 5.74) is 3.05. The van der Waals surface area contributed by atoms with Crippen molar-refractivity contribution >= 4 is 32.6 Å². The lowest BCUT2D eigenvalue weighted by molar-refractivity contribution is 0.399. The molecule has 0 aliphatic carbocycles. The largest absolute Gasteiger partial charge is 0.310 e.